The largest absolute Gasteiger partial charge is 0.397 e. The number of nitrogens with one attached hydrogen (secondary N) is 1. The van der Waals surface area contributed by atoms with Gasteiger partial charge in [0.25, 0.3) is 0 Å². The van der Waals surface area contributed by atoms with Crippen molar-refractivity contribution in [3.63, 3.8) is 0 Å². The molecule has 0 aliphatic heterocycles. The van der Waals surface area contributed by atoms with Crippen LogP contribution in [0.25, 0.3) is 0 Å². The molecule has 1 aromatic heterocycles. The number of hydrogen-bond acceptors (Lipinski definition) is 4. The molecule has 1 aliphatic rings. The molecule has 0 radical (unpaired) electrons. The highest BCUT2D eigenvalue weighted by atomic mass is 16.5. The van der Waals surface area contributed by atoms with Crippen molar-refractivity contribution in [1.82, 2.24) is 10.3 Å². The normalized spacial score (nSPS) is 16.9. The number of nitrogens with two attached hydrogens (primary N) is 1. The Balaban J connectivity index is 1.80. The number of rotatable bonds is 5. The molecule has 5 heteroatoms. The zero-order valence-corrected chi connectivity index (χ0v) is 10.6. The Bertz CT molecular complexity index is 407. The lowest BCUT2D eigenvalue weighted by Gasteiger charge is -2.40. The highest BCUT2D eigenvalue weighted by molar-refractivity contribution is 5.78. The van der Waals surface area contributed by atoms with Gasteiger partial charge in [0.05, 0.1) is 23.9 Å². The van der Waals surface area contributed by atoms with Gasteiger partial charge in [-0.2, -0.15) is 0 Å². The molecular weight excluding hydrogens is 230 g/mol. The van der Waals surface area contributed by atoms with E-state index in [1.54, 1.807) is 25.4 Å². The third-order valence-corrected chi connectivity index (χ3v) is 3.49. The van der Waals surface area contributed by atoms with Gasteiger partial charge in [0.2, 0.25) is 5.91 Å². The van der Waals surface area contributed by atoms with Crippen LogP contribution in [-0.2, 0) is 16.0 Å². The fraction of sp³-hybridized carbons (Fsp3) is 0.538. The SMILES string of the molecule is COC1(CNC(=O)Cc2ccc(N)cn2)CCC1. The topological polar surface area (TPSA) is 77.2 Å². The minimum atomic E-state index is -0.135. The molecule has 1 saturated carbocycles. The standard InChI is InChI=1S/C13H19N3O2/c1-18-13(5-2-6-13)9-16-12(17)7-11-4-3-10(14)8-15-11/h3-4,8H,2,5-7,9,14H2,1H3,(H,16,17). The molecule has 18 heavy (non-hydrogen) atoms. The number of methoxy groups -OCH3 is 1. The Labute approximate surface area is 107 Å². The first-order valence-corrected chi connectivity index (χ1v) is 6.16. The fourth-order valence-corrected chi connectivity index (χ4v) is 2.05. The van der Waals surface area contributed by atoms with Crippen molar-refractivity contribution in [3.05, 3.63) is 24.0 Å². The lowest BCUT2D eigenvalue weighted by Crippen LogP contribution is -2.49. The molecule has 0 atom stereocenters. The van der Waals surface area contributed by atoms with Crippen LogP contribution in [-0.4, -0.2) is 30.1 Å². The Morgan fingerprint density at radius 3 is 2.83 bits per heavy atom. The van der Waals surface area contributed by atoms with Crippen LogP contribution in [0.5, 0.6) is 0 Å². The van der Waals surface area contributed by atoms with Crippen LogP contribution in [0.2, 0.25) is 0 Å². The molecule has 3 N–H and O–H groups in total. The van der Waals surface area contributed by atoms with Gasteiger partial charge in [0.1, 0.15) is 0 Å². The van der Waals surface area contributed by atoms with Gasteiger partial charge in [-0.15, -0.1) is 0 Å². The molecule has 0 bridgehead atoms. The lowest BCUT2D eigenvalue weighted by molar-refractivity contribution is -0.124. The van der Waals surface area contributed by atoms with Gasteiger partial charge < -0.3 is 15.8 Å². The second kappa shape index (κ2) is 5.35. The maximum Gasteiger partial charge on any atom is 0.226 e. The van der Waals surface area contributed by atoms with E-state index >= 15 is 0 Å². The van der Waals surface area contributed by atoms with Crippen LogP contribution in [0.15, 0.2) is 18.3 Å². The first-order valence-electron chi connectivity index (χ1n) is 6.16. The van der Waals surface area contributed by atoms with E-state index in [1.807, 2.05) is 0 Å². The number of carbonyl (C=O) groups is 1. The molecule has 0 aromatic carbocycles. The average Bonchev–Trinajstić information content (AvgIpc) is 2.31. The quantitative estimate of drug-likeness (QED) is 0.812. The highest BCUT2D eigenvalue weighted by Gasteiger charge is 2.37. The summed E-state index contributed by atoms with van der Waals surface area (Å²) in [7, 11) is 1.70. The second-order valence-electron chi connectivity index (χ2n) is 4.78. The van der Waals surface area contributed by atoms with Crippen molar-refractivity contribution >= 4 is 11.6 Å². The predicted molar refractivity (Wildman–Crippen MR) is 69.0 cm³/mol. The van der Waals surface area contributed by atoms with Crippen molar-refractivity contribution in [2.45, 2.75) is 31.3 Å². The van der Waals surface area contributed by atoms with Crippen LogP contribution in [0.3, 0.4) is 0 Å². The second-order valence-corrected chi connectivity index (χ2v) is 4.78. The summed E-state index contributed by atoms with van der Waals surface area (Å²) in [6.07, 6.45) is 5.04. The maximum atomic E-state index is 11.8. The summed E-state index contributed by atoms with van der Waals surface area (Å²) >= 11 is 0. The Morgan fingerprint density at radius 2 is 2.33 bits per heavy atom. The summed E-state index contributed by atoms with van der Waals surface area (Å²) < 4.78 is 5.44. The Kier molecular flexibility index (Phi) is 3.81. The van der Waals surface area contributed by atoms with Gasteiger partial charge in [-0.05, 0) is 31.4 Å². The van der Waals surface area contributed by atoms with E-state index in [1.165, 1.54) is 6.42 Å². The van der Waals surface area contributed by atoms with E-state index in [-0.39, 0.29) is 17.9 Å². The molecule has 98 valence electrons. The van der Waals surface area contributed by atoms with Crippen molar-refractivity contribution in [2.24, 2.45) is 0 Å². The molecule has 1 fully saturated rings. The van der Waals surface area contributed by atoms with Gasteiger partial charge in [0.15, 0.2) is 0 Å². The molecule has 1 heterocycles. The summed E-state index contributed by atoms with van der Waals surface area (Å²) in [5.74, 6) is -0.0319. The first kappa shape index (κ1) is 12.8. The minimum Gasteiger partial charge on any atom is -0.397 e. The summed E-state index contributed by atoms with van der Waals surface area (Å²) in [6.45, 7) is 0.581. The molecule has 1 aliphatic carbocycles. The van der Waals surface area contributed by atoms with Crippen molar-refractivity contribution in [3.8, 4) is 0 Å². The summed E-state index contributed by atoms with van der Waals surface area (Å²) in [5.41, 5.74) is 6.73. The van der Waals surface area contributed by atoms with Crippen molar-refractivity contribution in [1.29, 1.82) is 0 Å². The number of ether oxygens (including phenoxy) is 1. The van der Waals surface area contributed by atoms with Crippen LogP contribution >= 0.6 is 0 Å². The number of hydrogen-bond donors (Lipinski definition) is 2. The van der Waals surface area contributed by atoms with Crippen LogP contribution in [0, 0.1) is 0 Å². The van der Waals surface area contributed by atoms with Gasteiger partial charge in [-0.25, -0.2) is 0 Å². The molecule has 1 amide bonds. The zero-order valence-electron chi connectivity index (χ0n) is 10.6. The first-order chi connectivity index (χ1) is 8.63. The van der Waals surface area contributed by atoms with E-state index in [0.29, 0.717) is 12.2 Å². The molecule has 1 aromatic rings. The smallest absolute Gasteiger partial charge is 0.226 e. The monoisotopic (exact) mass is 249 g/mol. The van der Waals surface area contributed by atoms with E-state index in [0.717, 1.165) is 18.5 Å². The average molecular weight is 249 g/mol. The Morgan fingerprint density at radius 1 is 1.56 bits per heavy atom. The fourth-order valence-electron chi connectivity index (χ4n) is 2.05. The van der Waals surface area contributed by atoms with E-state index in [4.69, 9.17) is 10.5 Å². The van der Waals surface area contributed by atoms with Crippen molar-refractivity contribution < 1.29 is 9.53 Å². The third-order valence-electron chi connectivity index (χ3n) is 3.49. The van der Waals surface area contributed by atoms with Crippen LogP contribution in [0.1, 0.15) is 25.0 Å². The molecule has 0 spiro atoms. The zero-order chi connectivity index (χ0) is 13.0. The molecule has 0 saturated heterocycles. The molecule has 5 nitrogen and oxygen atoms in total. The van der Waals surface area contributed by atoms with Gasteiger partial charge in [0, 0.05) is 19.3 Å². The Hall–Kier alpha value is -1.62. The number of carbonyl (C=O) groups excluding carboxylic acids is 1. The number of nitrogens with zero attached hydrogens (tertiary/aromatic N) is 1. The lowest BCUT2D eigenvalue weighted by atomic mass is 9.80. The summed E-state index contributed by atoms with van der Waals surface area (Å²) in [5, 5.41) is 2.90. The maximum absolute atomic E-state index is 11.8. The van der Waals surface area contributed by atoms with Gasteiger partial charge in [-0.1, -0.05) is 0 Å². The predicted octanol–water partition coefficient (Wildman–Crippen LogP) is 0.892. The van der Waals surface area contributed by atoms with Gasteiger partial charge >= 0.3 is 0 Å². The summed E-state index contributed by atoms with van der Waals surface area (Å²) in [4.78, 5) is 15.9. The third kappa shape index (κ3) is 2.98. The molecule has 0 unspecified atom stereocenters. The highest BCUT2D eigenvalue weighted by Crippen LogP contribution is 2.34. The number of anilines is 1. The van der Waals surface area contributed by atoms with E-state index in [9.17, 15) is 4.79 Å². The van der Waals surface area contributed by atoms with Crippen LogP contribution < -0.4 is 11.1 Å². The summed E-state index contributed by atoms with van der Waals surface area (Å²) in [6, 6.07) is 3.52. The molecule has 2 rings (SSSR count). The van der Waals surface area contributed by atoms with Crippen LogP contribution in [0.4, 0.5) is 5.69 Å². The number of aromatic nitrogens is 1. The van der Waals surface area contributed by atoms with Gasteiger partial charge in [-0.3, -0.25) is 9.78 Å². The van der Waals surface area contributed by atoms with E-state index < -0.39 is 0 Å². The molecular formula is C13H19N3O2. The number of amides is 1. The van der Waals surface area contributed by atoms with Crippen molar-refractivity contribution in [2.75, 3.05) is 19.4 Å². The minimum absolute atomic E-state index is 0.0319. The number of nitrogen functional groups attached to an aromatic ring is 1. The van der Waals surface area contributed by atoms with E-state index in [2.05, 4.69) is 10.3 Å². The number of pyridine rings is 1.